The van der Waals surface area contributed by atoms with Crippen molar-refractivity contribution in [1.82, 2.24) is 14.3 Å². The smallest absolute Gasteiger partial charge is 0.280 e. The second-order valence-corrected chi connectivity index (χ2v) is 10.6. The molecule has 2 aromatic heterocycles. The number of aromatic amines is 1. The quantitative estimate of drug-likeness (QED) is 0.638. The van der Waals surface area contributed by atoms with E-state index < -0.39 is 15.9 Å². The highest BCUT2D eigenvalue weighted by atomic mass is 32.2. The van der Waals surface area contributed by atoms with E-state index >= 15 is 0 Å². The number of nitrogens with one attached hydrogen (secondary N) is 1. The molecule has 7 nitrogen and oxygen atoms in total. The first-order valence-electron chi connectivity index (χ1n) is 8.61. The van der Waals surface area contributed by atoms with Crippen molar-refractivity contribution in [3.05, 3.63) is 66.8 Å². The van der Waals surface area contributed by atoms with E-state index in [0.29, 0.717) is 28.2 Å². The zero-order valence-electron chi connectivity index (χ0n) is 14.9. The predicted molar refractivity (Wildman–Crippen MR) is 112 cm³/mol. The molecule has 1 fully saturated rings. The number of hydrogen-bond donors (Lipinski definition) is 1. The standard InChI is InChI=1S/C18H17N3O4S3/c1-11-16(17(23)21(19-11)12-5-3-2-4-6-12)14-9-15(22)20(18(26)27-14)13-7-8-28(24,25)10-13/h2-6,9,13,19H,7-8,10H2,1H3. The molecule has 0 amide bonds. The number of para-hydroxylation sites is 1. The summed E-state index contributed by atoms with van der Waals surface area (Å²) in [4.78, 5) is 26.1. The summed E-state index contributed by atoms with van der Waals surface area (Å²) in [7, 11) is -3.14. The van der Waals surface area contributed by atoms with Gasteiger partial charge in [-0.05, 0) is 37.7 Å². The molecule has 1 unspecified atom stereocenters. The average Bonchev–Trinajstić information content (AvgIpc) is 3.13. The molecule has 3 aromatic rings. The number of rotatable bonds is 3. The van der Waals surface area contributed by atoms with Gasteiger partial charge in [0.25, 0.3) is 11.1 Å². The van der Waals surface area contributed by atoms with Gasteiger partial charge in [-0.3, -0.25) is 19.3 Å². The Kier molecular flexibility index (Phi) is 4.72. The molecule has 1 aromatic carbocycles. The van der Waals surface area contributed by atoms with Gasteiger partial charge in [-0.2, -0.15) is 0 Å². The average molecular weight is 436 g/mol. The molecule has 0 saturated carbocycles. The Morgan fingerprint density at radius 3 is 2.54 bits per heavy atom. The van der Waals surface area contributed by atoms with Crippen LogP contribution >= 0.6 is 23.6 Å². The van der Waals surface area contributed by atoms with Crippen molar-refractivity contribution in [1.29, 1.82) is 0 Å². The topological polar surface area (TPSA) is 93.9 Å². The molecule has 28 heavy (non-hydrogen) atoms. The van der Waals surface area contributed by atoms with Gasteiger partial charge in [0.2, 0.25) is 0 Å². The molecule has 1 aliphatic heterocycles. The Bertz CT molecular complexity index is 1300. The highest BCUT2D eigenvalue weighted by Gasteiger charge is 2.30. The number of hydrogen-bond acceptors (Lipinski definition) is 6. The van der Waals surface area contributed by atoms with Gasteiger partial charge in [0.05, 0.1) is 33.7 Å². The zero-order chi connectivity index (χ0) is 20.1. The van der Waals surface area contributed by atoms with Crippen molar-refractivity contribution in [2.45, 2.75) is 19.4 Å². The normalized spacial score (nSPS) is 18.4. The van der Waals surface area contributed by atoms with Crippen LogP contribution in [-0.4, -0.2) is 34.3 Å². The first-order valence-corrected chi connectivity index (χ1v) is 11.7. The lowest BCUT2D eigenvalue weighted by Crippen LogP contribution is -2.25. The van der Waals surface area contributed by atoms with Gasteiger partial charge in [0.15, 0.2) is 13.8 Å². The molecule has 10 heteroatoms. The monoisotopic (exact) mass is 435 g/mol. The highest BCUT2D eigenvalue weighted by molar-refractivity contribution is 7.91. The van der Waals surface area contributed by atoms with Crippen LogP contribution in [0.15, 0.2) is 46.0 Å². The van der Waals surface area contributed by atoms with Crippen LogP contribution in [0, 0.1) is 10.9 Å². The molecule has 0 aliphatic carbocycles. The van der Waals surface area contributed by atoms with E-state index in [1.54, 1.807) is 6.92 Å². The van der Waals surface area contributed by atoms with Crippen LogP contribution in [0.1, 0.15) is 18.2 Å². The Hall–Kier alpha value is -2.30. The van der Waals surface area contributed by atoms with Crippen LogP contribution in [0.5, 0.6) is 0 Å². The van der Waals surface area contributed by atoms with Crippen molar-refractivity contribution in [2.75, 3.05) is 11.5 Å². The second-order valence-electron chi connectivity index (χ2n) is 6.73. The fraction of sp³-hybridized carbons (Fsp3) is 0.278. The fourth-order valence-electron chi connectivity index (χ4n) is 3.47. The van der Waals surface area contributed by atoms with E-state index in [4.69, 9.17) is 12.2 Å². The highest BCUT2D eigenvalue weighted by Crippen LogP contribution is 2.27. The van der Waals surface area contributed by atoms with E-state index in [2.05, 4.69) is 5.10 Å². The largest absolute Gasteiger partial charge is 0.295 e. The lowest BCUT2D eigenvalue weighted by molar-refractivity contribution is 0.538. The Balaban J connectivity index is 1.82. The third-order valence-electron chi connectivity index (χ3n) is 4.79. The third-order valence-corrected chi connectivity index (χ3v) is 7.90. The minimum Gasteiger partial charge on any atom is -0.295 e. The Morgan fingerprint density at radius 2 is 1.93 bits per heavy atom. The van der Waals surface area contributed by atoms with Crippen molar-refractivity contribution < 1.29 is 8.42 Å². The summed E-state index contributed by atoms with van der Waals surface area (Å²) in [6.07, 6.45) is 0.377. The van der Waals surface area contributed by atoms with E-state index in [1.165, 1.54) is 15.3 Å². The Labute approximate surface area is 169 Å². The maximum Gasteiger partial charge on any atom is 0.280 e. The Morgan fingerprint density at radius 1 is 1.21 bits per heavy atom. The van der Waals surface area contributed by atoms with Crippen molar-refractivity contribution in [3.8, 4) is 16.1 Å². The summed E-state index contributed by atoms with van der Waals surface area (Å²) >= 11 is 6.54. The molecule has 1 saturated heterocycles. The lowest BCUT2D eigenvalue weighted by Gasteiger charge is -2.12. The van der Waals surface area contributed by atoms with Crippen LogP contribution in [0.4, 0.5) is 0 Å². The van der Waals surface area contributed by atoms with E-state index in [1.807, 2.05) is 30.3 Å². The first kappa shape index (κ1) is 19.0. The van der Waals surface area contributed by atoms with Gasteiger partial charge >= 0.3 is 0 Å². The van der Waals surface area contributed by atoms with Gasteiger partial charge in [0, 0.05) is 11.8 Å². The summed E-state index contributed by atoms with van der Waals surface area (Å²) in [6.45, 7) is 1.76. The van der Waals surface area contributed by atoms with Crippen molar-refractivity contribution in [2.24, 2.45) is 0 Å². The van der Waals surface area contributed by atoms with Gasteiger partial charge in [-0.15, -0.1) is 11.3 Å². The van der Waals surface area contributed by atoms with E-state index in [9.17, 15) is 18.0 Å². The van der Waals surface area contributed by atoms with Crippen molar-refractivity contribution >= 4 is 33.4 Å². The van der Waals surface area contributed by atoms with Gasteiger partial charge in [-0.1, -0.05) is 18.2 Å². The van der Waals surface area contributed by atoms with Crippen LogP contribution < -0.4 is 11.1 Å². The van der Waals surface area contributed by atoms with Crippen LogP contribution in [0.2, 0.25) is 0 Å². The first-order chi connectivity index (χ1) is 13.3. The van der Waals surface area contributed by atoms with Gasteiger partial charge in [-0.25, -0.2) is 13.1 Å². The number of aryl methyl sites for hydroxylation is 1. The van der Waals surface area contributed by atoms with Crippen LogP contribution in [0.3, 0.4) is 0 Å². The molecule has 146 valence electrons. The summed E-state index contributed by atoms with van der Waals surface area (Å²) in [5, 5.41) is 3.04. The number of benzene rings is 1. The maximum absolute atomic E-state index is 13.0. The predicted octanol–water partition coefficient (Wildman–Crippen LogP) is 2.45. The molecule has 1 N–H and O–H groups in total. The third kappa shape index (κ3) is 3.31. The summed E-state index contributed by atoms with van der Waals surface area (Å²) in [6, 6.07) is 10.1. The second kappa shape index (κ2) is 6.94. The van der Waals surface area contributed by atoms with Crippen LogP contribution in [0.25, 0.3) is 16.1 Å². The summed E-state index contributed by atoms with van der Waals surface area (Å²) in [5.41, 5.74) is 1.06. The lowest BCUT2D eigenvalue weighted by atomic mass is 10.2. The molecular formula is C18H17N3O4S3. The number of H-pyrrole nitrogens is 1. The molecule has 3 heterocycles. The molecule has 1 atom stereocenters. The van der Waals surface area contributed by atoms with E-state index in [0.717, 1.165) is 11.3 Å². The van der Waals surface area contributed by atoms with E-state index in [-0.39, 0.29) is 26.6 Å². The molecule has 4 rings (SSSR count). The van der Waals surface area contributed by atoms with Gasteiger partial charge < -0.3 is 0 Å². The number of nitrogens with zero attached hydrogens (tertiary/aromatic N) is 2. The fourth-order valence-corrected chi connectivity index (χ4v) is 6.71. The number of aromatic nitrogens is 3. The molecule has 0 radical (unpaired) electrons. The summed E-state index contributed by atoms with van der Waals surface area (Å²) < 4.78 is 26.6. The number of sulfone groups is 1. The zero-order valence-corrected chi connectivity index (χ0v) is 17.4. The minimum absolute atomic E-state index is 0.0595. The SMILES string of the molecule is Cc1[nH]n(-c2ccccc2)c(=O)c1-c1cc(=O)n(C2CCS(=O)(=O)C2)c(=S)s1. The molecule has 0 bridgehead atoms. The maximum atomic E-state index is 13.0. The minimum atomic E-state index is -3.14. The molecule has 1 aliphatic rings. The van der Waals surface area contributed by atoms with Crippen LogP contribution in [-0.2, 0) is 9.84 Å². The summed E-state index contributed by atoms with van der Waals surface area (Å²) in [5.74, 6) is -0.0173. The van der Waals surface area contributed by atoms with Crippen molar-refractivity contribution in [3.63, 3.8) is 0 Å². The van der Waals surface area contributed by atoms with Gasteiger partial charge in [0.1, 0.15) is 0 Å². The molecule has 0 spiro atoms. The molecular weight excluding hydrogens is 418 g/mol.